The van der Waals surface area contributed by atoms with E-state index in [9.17, 15) is 4.79 Å². The van der Waals surface area contributed by atoms with Crippen molar-refractivity contribution in [2.75, 3.05) is 0 Å². The lowest BCUT2D eigenvalue weighted by Gasteiger charge is -2.08. The molecule has 1 aromatic rings. The third-order valence-electron chi connectivity index (χ3n) is 2.22. The van der Waals surface area contributed by atoms with Gasteiger partial charge in [-0.3, -0.25) is 0 Å². The molecule has 0 radical (unpaired) electrons. The second-order valence-corrected chi connectivity index (χ2v) is 3.97. The highest BCUT2D eigenvalue weighted by atomic mass is 35.5. The van der Waals surface area contributed by atoms with Crippen molar-refractivity contribution < 1.29 is 9.90 Å². The van der Waals surface area contributed by atoms with Crippen molar-refractivity contribution in [2.45, 2.75) is 13.8 Å². The molecule has 0 fully saturated rings. The molecule has 0 spiro atoms. The second kappa shape index (κ2) is 4.69. The Balaban J connectivity index is 3.40. The van der Waals surface area contributed by atoms with Gasteiger partial charge in [-0.15, -0.1) is 0 Å². The van der Waals surface area contributed by atoms with Crippen LogP contribution in [0.5, 0.6) is 0 Å². The van der Waals surface area contributed by atoms with Gasteiger partial charge in [0.1, 0.15) is 0 Å². The fourth-order valence-corrected chi connectivity index (χ4v) is 1.88. The lowest BCUT2D eigenvalue weighted by atomic mass is 10.0. The monoisotopic (exact) mass is 244 g/mol. The van der Waals surface area contributed by atoms with E-state index in [1.165, 1.54) is 6.92 Å². The van der Waals surface area contributed by atoms with Crippen LogP contribution >= 0.6 is 23.2 Å². The molecule has 0 amide bonds. The SMILES string of the molecule is C/C(C(=O)O)=C(/C)c1c(Cl)cccc1Cl. The van der Waals surface area contributed by atoms with Gasteiger partial charge in [0, 0.05) is 21.2 Å². The number of aliphatic carboxylic acids is 1. The van der Waals surface area contributed by atoms with Crippen molar-refractivity contribution >= 4 is 34.7 Å². The Labute approximate surface area is 98.1 Å². The smallest absolute Gasteiger partial charge is 0.331 e. The molecule has 0 unspecified atom stereocenters. The number of halogens is 2. The highest BCUT2D eigenvalue weighted by Crippen LogP contribution is 2.32. The van der Waals surface area contributed by atoms with Crippen LogP contribution in [0.4, 0.5) is 0 Å². The van der Waals surface area contributed by atoms with Crippen LogP contribution in [0.3, 0.4) is 0 Å². The van der Waals surface area contributed by atoms with E-state index in [4.69, 9.17) is 28.3 Å². The van der Waals surface area contributed by atoms with E-state index in [-0.39, 0.29) is 5.57 Å². The summed E-state index contributed by atoms with van der Waals surface area (Å²) in [4.78, 5) is 10.8. The molecule has 15 heavy (non-hydrogen) atoms. The molecular weight excluding hydrogens is 235 g/mol. The summed E-state index contributed by atoms with van der Waals surface area (Å²) in [7, 11) is 0. The molecule has 0 aromatic heterocycles. The molecule has 4 heteroatoms. The molecule has 80 valence electrons. The Morgan fingerprint density at radius 1 is 1.20 bits per heavy atom. The molecule has 0 bridgehead atoms. The Morgan fingerprint density at radius 2 is 1.67 bits per heavy atom. The number of carboxylic acid groups (broad SMARTS) is 1. The predicted molar refractivity (Wildman–Crippen MR) is 62.4 cm³/mol. The van der Waals surface area contributed by atoms with E-state index < -0.39 is 5.97 Å². The van der Waals surface area contributed by atoms with Gasteiger partial charge in [-0.05, 0) is 31.6 Å². The summed E-state index contributed by atoms with van der Waals surface area (Å²) >= 11 is 11.9. The number of rotatable bonds is 2. The number of carboxylic acids is 1. The molecule has 1 N–H and O–H groups in total. The summed E-state index contributed by atoms with van der Waals surface area (Å²) in [6.45, 7) is 3.22. The molecule has 0 aliphatic carbocycles. The fourth-order valence-electron chi connectivity index (χ4n) is 1.20. The van der Waals surface area contributed by atoms with Gasteiger partial charge in [0.15, 0.2) is 0 Å². The van der Waals surface area contributed by atoms with E-state index in [0.29, 0.717) is 21.2 Å². The number of hydrogen-bond donors (Lipinski definition) is 1. The maximum Gasteiger partial charge on any atom is 0.331 e. The minimum absolute atomic E-state index is 0.241. The summed E-state index contributed by atoms with van der Waals surface area (Å²) < 4.78 is 0. The molecule has 0 saturated carbocycles. The van der Waals surface area contributed by atoms with E-state index in [2.05, 4.69) is 0 Å². The van der Waals surface area contributed by atoms with Crippen LogP contribution in [0.15, 0.2) is 23.8 Å². The van der Waals surface area contributed by atoms with Gasteiger partial charge in [0.25, 0.3) is 0 Å². The van der Waals surface area contributed by atoms with Gasteiger partial charge in [0.05, 0.1) is 0 Å². The molecule has 0 aliphatic heterocycles. The number of hydrogen-bond acceptors (Lipinski definition) is 1. The second-order valence-electron chi connectivity index (χ2n) is 3.15. The first kappa shape index (κ1) is 12.1. The normalized spacial score (nSPS) is 12.3. The van der Waals surface area contributed by atoms with Crippen LogP contribution in [-0.4, -0.2) is 11.1 Å². The predicted octanol–water partition coefficient (Wildman–Crippen LogP) is 3.87. The third kappa shape index (κ3) is 2.52. The standard InChI is InChI=1S/C11H10Cl2O2/c1-6(7(2)11(14)15)10-8(12)4-3-5-9(10)13/h3-5H,1-2H3,(H,14,15)/b7-6+. The lowest BCUT2D eigenvalue weighted by Crippen LogP contribution is -1.99. The number of benzene rings is 1. The molecule has 2 nitrogen and oxygen atoms in total. The molecule has 0 saturated heterocycles. The van der Waals surface area contributed by atoms with E-state index in [0.717, 1.165) is 0 Å². The Morgan fingerprint density at radius 3 is 2.07 bits per heavy atom. The van der Waals surface area contributed by atoms with Crippen molar-refractivity contribution in [3.05, 3.63) is 39.4 Å². The maximum atomic E-state index is 10.8. The summed E-state index contributed by atoms with van der Waals surface area (Å²) in [6, 6.07) is 5.08. The van der Waals surface area contributed by atoms with Crippen LogP contribution in [-0.2, 0) is 4.79 Å². The van der Waals surface area contributed by atoms with Gasteiger partial charge in [-0.1, -0.05) is 29.3 Å². The first-order chi connectivity index (χ1) is 6.95. The Kier molecular flexibility index (Phi) is 3.77. The zero-order valence-electron chi connectivity index (χ0n) is 8.34. The van der Waals surface area contributed by atoms with Gasteiger partial charge in [-0.2, -0.15) is 0 Å². The fraction of sp³-hybridized carbons (Fsp3) is 0.182. The average Bonchev–Trinajstić information content (AvgIpc) is 2.15. The highest BCUT2D eigenvalue weighted by Gasteiger charge is 2.12. The van der Waals surface area contributed by atoms with Crippen LogP contribution in [0.1, 0.15) is 19.4 Å². The Bertz CT molecular complexity index is 416. The van der Waals surface area contributed by atoms with Gasteiger partial charge >= 0.3 is 5.97 Å². The van der Waals surface area contributed by atoms with Crippen molar-refractivity contribution in [2.24, 2.45) is 0 Å². The largest absolute Gasteiger partial charge is 0.478 e. The minimum atomic E-state index is -0.969. The Hall–Kier alpha value is -0.990. The van der Waals surface area contributed by atoms with Crippen molar-refractivity contribution in [3.8, 4) is 0 Å². The van der Waals surface area contributed by atoms with E-state index in [1.807, 2.05) is 0 Å². The van der Waals surface area contributed by atoms with Crippen LogP contribution in [0.25, 0.3) is 5.57 Å². The zero-order chi connectivity index (χ0) is 11.6. The summed E-state index contributed by atoms with van der Waals surface area (Å²) in [6.07, 6.45) is 0. The van der Waals surface area contributed by atoms with Gasteiger partial charge in [0.2, 0.25) is 0 Å². The topological polar surface area (TPSA) is 37.3 Å². The third-order valence-corrected chi connectivity index (χ3v) is 2.85. The molecule has 0 aliphatic rings. The molecule has 1 rings (SSSR count). The lowest BCUT2D eigenvalue weighted by molar-refractivity contribution is -0.132. The average molecular weight is 245 g/mol. The quantitative estimate of drug-likeness (QED) is 0.803. The van der Waals surface area contributed by atoms with Crippen LogP contribution in [0, 0.1) is 0 Å². The molecule has 0 atom stereocenters. The maximum absolute atomic E-state index is 10.8. The highest BCUT2D eigenvalue weighted by molar-refractivity contribution is 6.37. The molecule has 0 heterocycles. The number of allylic oxidation sites excluding steroid dienone is 1. The van der Waals surface area contributed by atoms with Crippen LogP contribution in [0.2, 0.25) is 10.0 Å². The summed E-state index contributed by atoms with van der Waals surface area (Å²) in [5.74, 6) is -0.969. The molecule has 1 aromatic carbocycles. The number of carbonyl (C=O) groups is 1. The van der Waals surface area contributed by atoms with Crippen molar-refractivity contribution in [3.63, 3.8) is 0 Å². The summed E-state index contributed by atoms with van der Waals surface area (Å²) in [5.41, 5.74) is 1.41. The summed E-state index contributed by atoms with van der Waals surface area (Å²) in [5, 5.41) is 9.77. The van der Waals surface area contributed by atoms with Crippen LogP contribution < -0.4 is 0 Å². The first-order valence-electron chi connectivity index (χ1n) is 4.30. The van der Waals surface area contributed by atoms with E-state index in [1.54, 1.807) is 25.1 Å². The van der Waals surface area contributed by atoms with Gasteiger partial charge < -0.3 is 5.11 Å². The zero-order valence-corrected chi connectivity index (χ0v) is 9.86. The van der Waals surface area contributed by atoms with E-state index >= 15 is 0 Å². The van der Waals surface area contributed by atoms with Gasteiger partial charge in [-0.25, -0.2) is 4.79 Å². The first-order valence-corrected chi connectivity index (χ1v) is 5.06. The molecular formula is C11H10Cl2O2. The van der Waals surface area contributed by atoms with Crippen molar-refractivity contribution in [1.29, 1.82) is 0 Å². The minimum Gasteiger partial charge on any atom is -0.478 e. The van der Waals surface area contributed by atoms with Crippen molar-refractivity contribution in [1.82, 2.24) is 0 Å².